The van der Waals surface area contributed by atoms with Crippen molar-refractivity contribution < 1.29 is 19.2 Å². The number of nitro groups is 1. The molecule has 0 saturated carbocycles. The molecule has 156 valence electrons. The van der Waals surface area contributed by atoms with Gasteiger partial charge in [0.25, 0.3) is 5.69 Å². The largest absolute Gasteiger partial charge is 0.494 e. The van der Waals surface area contributed by atoms with Gasteiger partial charge in [0.15, 0.2) is 0 Å². The minimum atomic E-state index is -0.411. The van der Waals surface area contributed by atoms with Gasteiger partial charge in [0, 0.05) is 17.7 Å². The van der Waals surface area contributed by atoms with Crippen LogP contribution in [-0.2, 0) is 0 Å². The van der Waals surface area contributed by atoms with E-state index in [-0.39, 0.29) is 5.69 Å². The second kappa shape index (κ2) is 13.3. The minimum Gasteiger partial charge on any atom is -0.494 e. The molecule has 0 aliphatic rings. The highest BCUT2D eigenvalue weighted by Crippen LogP contribution is 2.18. The number of rotatable bonds is 15. The first-order valence-corrected chi connectivity index (χ1v) is 10.2. The molecule has 29 heavy (non-hydrogen) atoms. The summed E-state index contributed by atoms with van der Waals surface area (Å²) in [5.41, 5.74) is 0.743. The number of aldehydes is 1. The number of nitrogens with zero attached hydrogens (tertiary/aromatic N) is 1. The first-order chi connectivity index (χ1) is 14.2. The summed E-state index contributed by atoms with van der Waals surface area (Å²) in [6.45, 7) is 1.35. The number of carbonyl (C=O) groups is 1. The zero-order chi connectivity index (χ0) is 20.7. The first kappa shape index (κ1) is 22.4. The van der Waals surface area contributed by atoms with Gasteiger partial charge in [-0.05, 0) is 49.2 Å². The van der Waals surface area contributed by atoms with Crippen LogP contribution in [0, 0.1) is 10.1 Å². The lowest BCUT2D eigenvalue weighted by Gasteiger charge is -2.07. The number of benzene rings is 2. The van der Waals surface area contributed by atoms with E-state index in [1.165, 1.54) is 37.8 Å². The molecule has 2 aromatic rings. The van der Waals surface area contributed by atoms with Crippen LogP contribution in [0.1, 0.15) is 61.7 Å². The third-order valence-corrected chi connectivity index (χ3v) is 4.64. The Bertz CT molecular complexity index is 728. The maximum atomic E-state index is 10.6. The van der Waals surface area contributed by atoms with Gasteiger partial charge in [-0.2, -0.15) is 0 Å². The molecule has 0 saturated heterocycles. The molecule has 0 N–H and O–H groups in total. The molecule has 0 aromatic heterocycles. The molecule has 0 aliphatic heterocycles. The lowest BCUT2D eigenvalue weighted by atomic mass is 10.1. The molecule has 2 aromatic carbocycles. The average Bonchev–Trinajstić information content (AvgIpc) is 2.75. The second-order valence-corrected chi connectivity index (χ2v) is 6.96. The topological polar surface area (TPSA) is 78.7 Å². The molecule has 2 rings (SSSR count). The van der Waals surface area contributed by atoms with Gasteiger partial charge in [0.2, 0.25) is 0 Å². The zero-order valence-corrected chi connectivity index (χ0v) is 16.8. The van der Waals surface area contributed by atoms with Gasteiger partial charge in [0.05, 0.1) is 18.1 Å². The maximum Gasteiger partial charge on any atom is 0.269 e. The summed E-state index contributed by atoms with van der Waals surface area (Å²) in [4.78, 5) is 20.8. The quantitative estimate of drug-likeness (QED) is 0.159. The van der Waals surface area contributed by atoms with Gasteiger partial charge in [-0.3, -0.25) is 14.9 Å². The van der Waals surface area contributed by atoms with Crippen LogP contribution in [0.4, 0.5) is 5.69 Å². The molecule has 0 amide bonds. The van der Waals surface area contributed by atoms with Crippen molar-refractivity contribution in [1.82, 2.24) is 0 Å². The van der Waals surface area contributed by atoms with E-state index in [1.807, 2.05) is 12.1 Å². The summed E-state index contributed by atoms with van der Waals surface area (Å²) in [5.74, 6) is 1.49. The van der Waals surface area contributed by atoms with Gasteiger partial charge in [-0.1, -0.05) is 38.5 Å². The fourth-order valence-electron chi connectivity index (χ4n) is 2.95. The monoisotopic (exact) mass is 399 g/mol. The summed E-state index contributed by atoms with van der Waals surface area (Å²) >= 11 is 0. The van der Waals surface area contributed by atoms with Crippen LogP contribution in [0.15, 0.2) is 48.5 Å². The summed E-state index contributed by atoms with van der Waals surface area (Å²) in [6.07, 6.45) is 10.0. The number of hydrogen-bond acceptors (Lipinski definition) is 5. The molecular formula is C23H29NO5. The lowest BCUT2D eigenvalue weighted by Crippen LogP contribution is -1.98. The highest BCUT2D eigenvalue weighted by Gasteiger charge is 2.04. The van der Waals surface area contributed by atoms with Crippen molar-refractivity contribution in [2.45, 2.75) is 51.4 Å². The van der Waals surface area contributed by atoms with Crippen molar-refractivity contribution in [2.75, 3.05) is 13.2 Å². The summed E-state index contributed by atoms with van der Waals surface area (Å²) in [5, 5.41) is 10.6. The minimum absolute atomic E-state index is 0.0807. The van der Waals surface area contributed by atoms with Gasteiger partial charge >= 0.3 is 0 Å². The number of non-ortho nitro benzene ring substituents is 1. The predicted molar refractivity (Wildman–Crippen MR) is 113 cm³/mol. The Hall–Kier alpha value is -2.89. The highest BCUT2D eigenvalue weighted by molar-refractivity contribution is 5.74. The Kier molecular flexibility index (Phi) is 10.3. The normalized spacial score (nSPS) is 10.5. The van der Waals surface area contributed by atoms with E-state index in [2.05, 4.69) is 0 Å². The Morgan fingerprint density at radius 2 is 1.10 bits per heavy atom. The van der Waals surface area contributed by atoms with Crippen LogP contribution in [0.25, 0.3) is 0 Å². The number of nitro benzene ring substituents is 1. The van der Waals surface area contributed by atoms with Crippen molar-refractivity contribution in [2.24, 2.45) is 0 Å². The molecule has 0 radical (unpaired) electrons. The molecular weight excluding hydrogens is 370 g/mol. The fraction of sp³-hybridized carbons (Fsp3) is 0.435. The molecule has 0 aliphatic carbocycles. The molecule has 0 bridgehead atoms. The van der Waals surface area contributed by atoms with Crippen molar-refractivity contribution >= 4 is 12.0 Å². The van der Waals surface area contributed by atoms with Crippen molar-refractivity contribution in [1.29, 1.82) is 0 Å². The van der Waals surface area contributed by atoms with Crippen molar-refractivity contribution in [3.05, 3.63) is 64.2 Å². The van der Waals surface area contributed by atoms with E-state index in [0.29, 0.717) is 24.5 Å². The molecule has 0 fully saturated rings. The number of carbonyl (C=O) groups excluding carboxylic acids is 1. The summed E-state index contributed by atoms with van der Waals surface area (Å²) < 4.78 is 11.3. The van der Waals surface area contributed by atoms with Gasteiger partial charge in [-0.15, -0.1) is 0 Å². The molecule has 0 spiro atoms. The van der Waals surface area contributed by atoms with Gasteiger partial charge in [0.1, 0.15) is 17.8 Å². The highest BCUT2D eigenvalue weighted by atomic mass is 16.6. The Balaban J connectivity index is 1.38. The molecule has 0 atom stereocenters. The standard InChI is InChI=1S/C23H29NO5/c25-19-20-9-13-22(14-10-20)28-17-7-5-3-1-2-4-6-8-18-29-23-15-11-21(12-16-23)24(26)27/h9-16,19H,1-8,17-18H2. The Morgan fingerprint density at radius 1 is 0.690 bits per heavy atom. The maximum absolute atomic E-state index is 10.6. The van der Waals surface area contributed by atoms with E-state index in [0.717, 1.165) is 37.7 Å². The number of unbranched alkanes of at least 4 members (excludes halogenated alkanes) is 7. The third kappa shape index (κ3) is 9.23. The van der Waals surface area contributed by atoms with E-state index in [1.54, 1.807) is 24.3 Å². The second-order valence-electron chi connectivity index (χ2n) is 6.96. The molecule has 6 heteroatoms. The zero-order valence-electron chi connectivity index (χ0n) is 16.8. The van der Waals surface area contributed by atoms with E-state index < -0.39 is 4.92 Å². The van der Waals surface area contributed by atoms with E-state index in [9.17, 15) is 14.9 Å². The summed E-state index contributed by atoms with van der Waals surface area (Å²) in [7, 11) is 0. The lowest BCUT2D eigenvalue weighted by molar-refractivity contribution is -0.384. The Morgan fingerprint density at radius 3 is 1.52 bits per heavy atom. The van der Waals surface area contributed by atoms with Crippen molar-refractivity contribution in [3.63, 3.8) is 0 Å². The van der Waals surface area contributed by atoms with Crippen LogP contribution >= 0.6 is 0 Å². The first-order valence-electron chi connectivity index (χ1n) is 10.2. The summed E-state index contributed by atoms with van der Waals surface area (Å²) in [6, 6.07) is 13.4. The third-order valence-electron chi connectivity index (χ3n) is 4.64. The Labute approximate surface area is 172 Å². The smallest absolute Gasteiger partial charge is 0.269 e. The van der Waals surface area contributed by atoms with Crippen LogP contribution in [-0.4, -0.2) is 24.4 Å². The molecule has 6 nitrogen and oxygen atoms in total. The van der Waals surface area contributed by atoms with Gasteiger partial charge in [-0.25, -0.2) is 0 Å². The van der Waals surface area contributed by atoms with Crippen LogP contribution in [0.5, 0.6) is 11.5 Å². The number of ether oxygens (including phenoxy) is 2. The fourth-order valence-corrected chi connectivity index (χ4v) is 2.95. The van der Waals surface area contributed by atoms with Gasteiger partial charge < -0.3 is 9.47 Å². The van der Waals surface area contributed by atoms with Crippen LogP contribution in [0.2, 0.25) is 0 Å². The van der Waals surface area contributed by atoms with E-state index in [4.69, 9.17) is 9.47 Å². The average molecular weight is 399 g/mol. The molecule has 0 unspecified atom stereocenters. The molecule has 0 heterocycles. The van der Waals surface area contributed by atoms with E-state index >= 15 is 0 Å². The predicted octanol–water partition coefficient (Wildman–Crippen LogP) is 5.99. The SMILES string of the molecule is O=Cc1ccc(OCCCCCCCCCCOc2ccc([N+](=O)[O-])cc2)cc1. The van der Waals surface area contributed by atoms with Crippen molar-refractivity contribution in [3.8, 4) is 11.5 Å². The van der Waals surface area contributed by atoms with Crippen LogP contribution in [0.3, 0.4) is 0 Å². The number of hydrogen-bond donors (Lipinski definition) is 0. The van der Waals surface area contributed by atoms with Crippen LogP contribution < -0.4 is 9.47 Å².